The van der Waals surface area contributed by atoms with E-state index in [1.54, 1.807) is 0 Å². The zero-order valence-electron chi connectivity index (χ0n) is 15.9. The van der Waals surface area contributed by atoms with Gasteiger partial charge in [0.05, 0.1) is 13.2 Å². The van der Waals surface area contributed by atoms with E-state index in [9.17, 15) is 4.79 Å². The summed E-state index contributed by atoms with van der Waals surface area (Å²) in [5.41, 5.74) is 0.0812. The molecular weight excluding hydrogens is 288 g/mol. The van der Waals surface area contributed by atoms with Crippen LogP contribution in [-0.2, 0) is 9.53 Å². The van der Waals surface area contributed by atoms with E-state index < -0.39 is 0 Å². The molecule has 0 unspecified atom stereocenters. The van der Waals surface area contributed by atoms with Gasteiger partial charge >= 0.3 is 0 Å². The Balaban J connectivity index is 2.23. The van der Waals surface area contributed by atoms with Crippen molar-refractivity contribution >= 4 is 5.91 Å². The molecule has 1 saturated heterocycles. The van der Waals surface area contributed by atoms with E-state index in [0.29, 0.717) is 12.3 Å². The first-order valence-electron chi connectivity index (χ1n) is 9.50. The van der Waals surface area contributed by atoms with E-state index in [4.69, 9.17) is 4.74 Å². The van der Waals surface area contributed by atoms with Crippen molar-refractivity contribution < 1.29 is 9.53 Å². The molecule has 4 nitrogen and oxygen atoms in total. The minimum Gasteiger partial charge on any atom is -0.379 e. The number of carbonyl (C=O) groups excluding carboxylic acids is 1. The minimum absolute atomic E-state index is 0.0812. The molecule has 23 heavy (non-hydrogen) atoms. The third-order valence-corrected chi connectivity index (χ3v) is 4.32. The minimum atomic E-state index is 0.0812. The highest BCUT2D eigenvalue weighted by Gasteiger charge is 2.20. The summed E-state index contributed by atoms with van der Waals surface area (Å²) in [6.07, 6.45) is 6.49. The van der Waals surface area contributed by atoms with Gasteiger partial charge in [-0.05, 0) is 31.2 Å². The highest BCUT2D eigenvalue weighted by Crippen LogP contribution is 2.20. The van der Waals surface area contributed by atoms with Gasteiger partial charge in [0.25, 0.3) is 0 Å². The van der Waals surface area contributed by atoms with Crippen molar-refractivity contribution in [2.45, 2.75) is 66.2 Å². The lowest BCUT2D eigenvalue weighted by molar-refractivity contribution is -0.133. The smallest absolute Gasteiger partial charge is 0.223 e. The highest BCUT2D eigenvalue weighted by atomic mass is 16.5. The summed E-state index contributed by atoms with van der Waals surface area (Å²) >= 11 is 0. The second-order valence-electron chi connectivity index (χ2n) is 7.99. The third kappa shape index (κ3) is 9.98. The van der Waals surface area contributed by atoms with Gasteiger partial charge < -0.3 is 9.64 Å². The topological polar surface area (TPSA) is 32.8 Å². The van der Waals surface area contributed by atoms with Crippen molar-refractivity contribution in [1.82, 2.24) is 9.80 Å². The van der Waals surface area contributed by atoms with Crippen molar-refractivity contribution in [1.29, 1.82) is 0 Å². The summed E-state index contributed by atoms with van der Waals surface area (Å²) in [6, 6.07) is 0. The summed E-state index contributed by atoms with van der Waals surface area (Å²) in [6.45, 7) is 15.6. The molecule has 0 aromatic heterocycles. The second kappa shape index (κ2) is 11.0. The number of ether oxygens (including phenoxy) is 1. The Bertz CT molecular complexity index is 320. The van der Waals surface area contributed by atoms with E-state index in [0.717, 1.165) is 58.7 Å². The van der Waals surface area contributed by atoms with Crippen molar-refractivity contribution in [3.05, 3.63) is 0 Å². The van der Waals surface area contributed by atoms with Gasteiger partial charge in [-0.3, -0.25) is 9.69 Å². The second-order valence-corrected chi connectivity index (χ2v) is 7.99. The highest BCUT2D eigenvalue weighted by molar-refractivity contribution is 5.76. The molecule has 1 fully saturated rings. The first kappa shape index (κ1) is 20.4. The molecule has 0 spiro atoms. The molecule has 0 radical (unpaired) electrons. The van der Waals surface area contributed by atoms with Crippen LogP contribution in [0.15, 0.2) is 0 Å². The summed E-state index contributed by atoms with van der Waals surface area (Å²) in [4.78, 5) is 17.1. The first-order valence-corrected chi connectivity index (χ1v) is 9.50. The predicted molar refractivity (Wildman–Crippen MR) is 96.7 cm³/mol. The van der Waals surface area contributed by atoms with E-state index in [-0.39, 0.29) is 5.41 Å². The molecule has 1 rings (SSSR count). The Kier molecular flexibility index (Phi) is 9.80. The van der Waals surface area contributed by atoms with Gasteiger partial charge in [0, 0.05) is 32.6 Å². The number of rotatable bonds is 10. The molecule has 136 valence electrons. The number of morpholine rings is 1. The van der Waals surface area contributed by atoms with Gasteiger partial charge in [-0.25, -0.2) is 0 Å². The van der Waals surface area contributed by atoms with Gasteiger partial charge in [0.15, 0.2) is 0 Å². The Morgan fingerprint density at radius 1 is 1.04 bits per heavy atom. The number of unbranched alkanes of at least 4 members (excludes halogenated alkanes) is 3. The molecule has 0 N–H and O–H groups in total. The van der Waals surface area contributed by atoms with E-state index >= 15 is 0 Å². The lowest BCUT2D eigenvalue weighted by atomic mass is 9.91. The van der Waals surface area contributed by atoms with E-state index in [1.807, 2.05) is 0 Å². The largest absolute Gasteiger partial charge is 0.379 e. The van der Waals surface area contributed by atoms with E-state index in [2.05, 4.69) is 37.5 Å². The molecule has 0 bridgehead atoms. The summed E-state index contributed by atoms with van der Waals surface area (Å²) < 4.78 is 5.38. The number of carbonyl (C=O) groups is 1. The quantitative estimate of drug-likeness (QED) is 0.576. The van der Waals surface area contributed by atoms with Gasteiger partial charge in [0.2, 0.25) is 5.91 Å². The molecule has 0 atom stereocenters. The predicted octanol–water partition coefficient (Wildman–Crippen LogP) is 3.55. The van der Waals surface area contributed by atoms with Crippen LogP contribution in [0.25, 0.3) is 0 Å². The van der Waals surface area contributed by atoms with Crippen LogP contribution in [0.2, 0.25) is 0 Å². The average molecular weight is 327 g/mol. The van der Waals surface area contributed by atoms with Crippen LogP contribution in [-0.4, -0.2) is 61.6 Å². The van der Waals surface area contributed by atoms with Crippen LogP contribution in [0.1, 0.15) is 66.2 Å². The lowest BCUT2D eigenvalue weighted by Gasteiger charge is -2.28. The Hall–Kier alpha value is -0.610. The standard InChI is InChI=1S/C19H38N2O2/c1-5-6-11-21(18(22)17-19(2,3)4)12-9-7-8-10-20-13-15-23-16-14-20/h5-17H2,1-4H3. The molecule has 1 amide bonds. The first-order chi connectivity index (χ1) is 10.9. The fourth-order valence-electron chi connectivity index (χ4n) is 2.92. The van der Waals surface area contributed by atoms with Crippen molar-refractivity contribution in [3.63, 3.8) is 0 Å². The van der Waals surface area contributed by atoms with E-state index in [1.165, 1.54) is 19.4 Å². The van der Waals surface area contributed by atoms with Crippen LogP contribution in [0.4, 0.5) is 0 Å². The van der Waals surface area contributed by atoms with Crippen molar-refractivity contribution in [2.75, 3.05) is 45.9 Å². The number of hydrogen-bond donors (Lipinski definition) is 0. The maximum Gasteiger partial charge on any atom is 0.223 e. The van der Waals surface area contributed by atoms with Gasteiger partial charge in [-0.2, -0.15) is 0 Å². The van der Waals surface area contributed by atoms with Crippen LogP contribution in [0, 0.1) is 5.41 Å². The van der Waals surface area contributed by atoms with Crippen molar-refractivity contribution in [3.8, 4) is 0 Å². The Morgan fingerprint density at radius 3 is 2.30 bits per heavy atom. The van der Waals surface area contributed by atoms with Gasteiger partial charge in [-0.1, -0.05) is 40.5 Å². The monoisotopic (exact) mass is 326 g/mol. The molecular formula is C19H38N2O2. The normalized spacial score (nSPS) is 16.5. The Morgan fingerprint density at radius 2 is 1.70 bits per heavy atom. The molecule has 0 aromatic rings. The van der Waals surface area contributed by atoms with Gasteiger partial charge in [0.1, 0.15) is 0 Å². The average Bonchev–Trinajstić information content (AvgIpc) is 2.49. The lowest BCUT2D eigenvalue weighted by Crippen LogP contribution is -2.37. The molecule has 1 aliphatic rings. The SMILES string of the molecule is CCCCN(CCCCCN1CCOCC1)C(=O)CC(C)(C)C. The Labute approximate surface area is 143 Å². The fraction of sp³-hybridized carbons (Fsp3) is 0.947. The summed E-state index contributed by atoms with van der Waals surface area (Å²) in [5.74, 6) is 0.333. The maximum atomic E-state index is 12.5. The molecule has 1 heterocycles. The molecule has 0 saturated carbocycles. The maximum absolute atomic E-state index is 12.5. The third-order valence-electron chi connectivity index (χ3n) is 4.32. The summed E-state index contributed by atoms with van der Waals surface area (Å²) in [7, 11) is 0. The van der Waals surface area contributed by atoms with Gasteiger partial charge in [-0.15, -0.1) is 0 Å². The van der Waals surface area contributed by atoms with Crippen LogP contribution >= 0.6 is 0 Å². The van der Waals surface area contributed by atoms with Crippen LogP contribution in [0.5, 0.6) is 0 Å². The number of nitrogens with zero attached hydrogens (tertiary/aromatic N) is 2. The zero-order valence-corrected chi connectivity index (χ0v) is 15.9. The zero-order chi connectivity index (χ0) is 17.1. The molecule has 1 aliphatic heterocycles. The van der Waals surface area contributed by atoms with Crippen LogP contribution in [0.3, 0.4) is 0 Å². The molecule has 0 aromatic carbocycles. The summed E-state index contributed by atoms with van der Waals surface area (Å²) in [5, 5.41) is 0. The van der Waals surface area contributed by atoms with Crippen LogP contribution < -0.4 is 0 Å². The molecule has 0 aliphatic carbocycles. The fourth-order valence-corrected chi connectivity index (χ4v) is 2.92. The number of amides is 1. The van der Waals surface area contributed by atoms with Crippen molar-refractivity contribution in [2.24, 2.45) is 5.41 Å². The number of hydrogen-bond acceptors (Lipinski definition) is 3. The molecule has 4 heteroatoms.